The maximum absolute atomic E-state index is 12.1. The Hall–Kier alpha value is -2.07. The summed E-state index contributed by atoms with van der Waals surface area (Å²) >= 11 is 1.67. The van der Waals surface area contributed by atoms with Crippen molar-refractivity contribution >= 4 is 28.1 Å². The van der Waals surface area contributed by atoms with Gasteiger partial charge in [0.15, 0.2) is 0 Å². The number of carbonyl (C=O) groups excluding carboxylic acids is 1. The number of rotatable bonds is 5. The summed E-state index contributed by atoms with van der Waals surface area (Å²) in [5.41, 5.74) is 2.32. The minimum atomic E-state index is 0.0838. The lowest BCUT2D eigenvalue weighted by molar-refractivity contribution is -0.121. The topological polar surface area (TPSA) is 44.9 Å². The van der Waals surface area contributed by atoms with Crippen LogP contribution in [0.25, 0.3) is 10.9 Å². The van der Waals surface area contributed by atoms with Crippen molar-refractivity contribution < 1.29 is 4.79 Å². The van der Waals surface area contributed by atoms with Gasteiger partial charge in [0.1, 0.15) is 0 Å². The largest absolute Gasteiger partial charge is 0.361 e. The molecule has 0 bridgehead atoms. The molecular weight excluding hydrogens is 280 g/mol. The number of amides is 1. The Labute approximate surface area is 128 Å². The van der Waals surface area contributed by atoms with Gasteiger partial charge in [-0.25, -0.2) is 0 Å². The van der Waals surface area contributed by atoms with E-state index in [0.717, 1.165) is 11.9 Å². The zero-order valence-corrected chi connectivity index (χ0v) is 12.7. The number of fused-ring (bicyclic) bond motifs is 1. The molecule has 0 fully saturated rings. The lowest BCUT2D eigenvalue weighted by Crippen LogP contribution is -2.26. The molecule has 0 aliphatic heterocycles. The first-order chi connectivity index (χ1) is 10.2. The van der Waals surface area contributed by atoms with Gasteiger partial charge in [-0.2, -0.15) is 0 Å². The standard InChI is InChI=1S/C17H18N2OS/c1-12(16-7-4-10-21-16)19-17(20)9-8-13-11-18-15-6-3-2-5-14(13)15/h2-7,10-12,18H,8-9H2,1H3,(H,19,20)/t12-/m0/s1. The summed E-state index contributed by atoms with van der Waals surface area (Å²) in [6, 6.07) is 12.3. The Morgan fingerprint density at radius 3 is 2.95 bits per heavy atom. The fourth-order valence-electron chi connectivity index (χ4n) is 2.51. The van der Waals surface area contributed by atoms with Gasteiger partial charge in [0.25, 0.3) is 0 Å². The zero-order chi connectivity index (χ0) is 14.7. The highest BCUT2D eigenvalue weighted by atomic mass is 32.1. The molecule has 2 aromatic heterocycles. The van der Waals surface area contributed by atoms with Crippen LogP contribution in [-0.4, -0.2) is 10.9 Å². The molecule has 0 aliphatic carbocycles. The molecule has 2 N–H and O–H groups in total. The second-order valence-electron chi connectivity index (χ2n) is 5.16. The van der Waals surface area contributed by atoms with Gasteiger partial charge >= 0.3 is 0 Å². The van der Waals surface area contributed by atoms with Crippen LogP contribution in [0.15, 0.2) is 48.0 Å². The summed E-state index contributed by atoms with van der Waals surface area (Å²) in [6.07, 6.45) is 3.27. The normalized spacial score (nSPS) is 12.4. The Bertz CT molecular complexity index is 730. The third-order valence-corrected chi connectivity index (χ3v) is 4.70. The Morgan fingerprint density at radius 1 is 1.29 bits per heavy atom. The van der Waals surface area contributed by atoms with Crippen LogP contribution in [0, 0.1) is 0 Å². The summed E-state index contributed by atoms with van der Waals surface area (Å²) < 4.78 is 0. The van der Waals surface area contributed by atoms with Gasteiger partial charge in [0.05, 0.1) is 6.04 Å². The highest BCUT2D eigenvalue weighted by Crippen LogP contribution is 2.20. The average molecular weight is 298 g/mol. The molecule has 108 valence electrons. The van der Waals surface area contributed by atoms with E-state index in [1.54, 1.807) is 11.3 Å². The summed E-state index contributed by atoms with van der Waals surface area (Å²) in [5, 5.41) is 6.29. The van der Waals surface area contributed by atoms with Crippen LogP contribution in [0.4, 0.5) is 0 Å². The molecule has 1 aromatic carbocycles. The molecule has 1 atom stereocenters. The molecule has 0 unspecified atom stereocenters. The lowest BCUT2D eigenvalue weighted by atomic mass is 10.1. The Kier molecular flexibility index (Phi) is 4.06. The van der Waals surface area contributed by atoms with Crippen molar-refractivity contribution in [3.8, 4) is 0 Å². The van der Waals surface area contributed by atoms with E-state index in [0.29, 0.717) is 6.42 Å². The number of aryl methyl sites for hydroxylation is 1. The van der Waals surface area contributed by atoms with Crippen LogP contribution in [-0.2, 0) is 11.2 Å². The van der Waals surface area contributed by atoms with Crippen LogP contribution < -0.4 is 5.32 Å². The van der Waals surface area contributed by atoms with Crippen molar-refractivity contribution in [1.82, 2.24) is 10.3 Å². The molecule has 0 aliphatic rings. The number of hydrogen-bond donors (Lipinski definition) is 2. The maximum atomic E-state index is 12.1. The Balaban J connectivity index is 1.58. The van der Waals surface area contributed by atoms with Crippen molar-refractivity contribution in [3.63, 3.8) is 0 Å². The number of aromatic amines is 1. The van der Waals surface area contributed by atoms with Crippen LogP contribution in [0.3, 0.4) is 0 Å². The molecule has 1 amide bonds. The van der Waals surface area contributed by atoms with Gasteiger partial charge in [-0.15, -0.1) is 11.3 Å². The summed E-state index contributed by atoms with van der Waals surface area (Å²) in [7, 11) is 0. The molecule has 3 aromatic rings. The van der Waals surface area contributed by atoms with Gasteiger partial charge in [-0.3, -0.25) is 4.79 Å². The van der Waals surface area contributed by atoms with Crippen molar-refractivity contribution in [1.29, 1.82) is 0 Å². The SMILES string of the molecule is C[C@H](NC(=O)CCc1c[nH]c2ccccc12)c1cccs1. The van der Waals surface area contributed by atoms with Crippen LogP contribution in [0.1, 0.15) is 29.8 Å². The van der Waals surface area contributed by atoms with Crippen LogP contribution in [0.5, 0.6) is 0 Å². The monoisotopic (exact) mass is 298 g/mol. The van der Waals surface area contributed by atoms with Gasteiger partial charge in [-0.05, 0) is 36.4 Å². The molecule has 0 saturated carbocycles. The fourth-order valence-corrected chi connectivity index (χ4v) is 3.24. The number of benzene rings is 1. The quantitative estimate of drug-likeness (QED) is 0.733. The smallest absolute Gasteiger partial charge is 0.220 e. The molecule has 0 saturated heterocycles. The highest BCUT2D eigenvalue weighted by Gasteiger charge is 2.11. The van der Waals surface area contributed by atoms with Gasteiger partial charge in [-0.1, -0.05) is 24.3 Å². The molecule has 3 rings (SSSR count). The molecule has 2 heterocycles. The van der Waals surface area contributed by atoms with Gasteiger partial charge < -0.3 is 10.3 Å². The van der Waals surface area contributed by atoms with Crippen LogP contribution >= 0.6 is 11.3 Å². The van der Waals surface area contributed by atoms with Crippen LogP contribution in [0.2, 0.25) is 0 Å². The van der Waals surface area contributed by atoms with E-state index < -0.39 is 0 Å². The van der Waals surface area contributed by atoms with Crippen molar-refractivity contribution in [2.75, 3.05) is 0 Å². The number of hydrogen-bond acceptors (Lipinski definition) is 2. The van der Waals surface area contributed by atoms with E-state index in [9.17, 15) is 4.79 Å². The second-order valence-corrected chi connectivity index (χ2v) is 6.14. The molecule has 21 heavy (non-hydrogen) atoms. The van der Waals surface area contributed by atoms with Gasteiger partial charge in [0.2, 0.25) is 5.91 Å². The number of nitrogens with one attached hydrogen (secondary N) is 2. The number of thiophene rings is 1. The zero-order valence-electron chi connectivity index (χ0n) is 11.9. The minimum absolute atomic E-state index is 0.0838. The third kappa shape index (κ3) is 3.16. The predicted octanol–water partition coefficient (Wildman–Crippen LogP) is 4.04. The lowest BCUT2D eigenvalue weighted by Gasteiger charge is -2.11. The Morgan fingerprint density at radius 2 is 2.14 bits per heavy atom. The first-order valence-electron chi connectivity index (χ1n) is 7.12. The third-order valence-electron chi connectivity index (χ3n) is 3.64. The maximum Gasteiger partial charge on any atom is 0.220 e. The van der Waals surface area contributed by atoms with Crippen molar-refractivity contribution in [3.05, 3.63) is 58.4 Å². The first-order valence-corrected chi connectivity index (χ1v) is 8.00. The van der Waals surface area contributed by atoms with E-state index >= 15 is 0 Å². The molecule has 0 spiro atoms. The number of carbonyl (C=O) groups is 1. The summed E-state index contributed by atoms with van der Waals surface area (Å²) in [6.45, 7) is 2.02. The number of aromatic nitrogens is 1. The van der Waals surface area contributed by atoms with Crippen molar-refractivity contribution in [2.45, 2.75) is 25.8 Å². The first kappa shape index (κ1) is 13.9. The predicted molar refractivity (Wildman–Crippen MR) is 87.5 cm³/mol. The molecule has 3 nitrogen and oxygen atoms in total. The second kappa shape index (κ2) is 6.14. The van der Waals surface area contributed by atoms with Gasteiger partial charge in [0, 0.05) is 28.4 Å². The summed E-state index contributed by atoms with van der Waals surface area (Å²) in [4.78, 5) is 16.5. The molecular formula is C17H18N2OS. The van der Waals surface area contributed by atoms with E-state index in [-0.39, 0.29) is 11.9 Å². The number of H-pyrrole nitrogens is 1. The van der Waals surface area contributed by atoms with E-state index in [2.05, 4.69) is 28.5 Å². The fraction of sp³-hybridized carbons (Fsp3) is 0.235. The van der Waals surface area contributed by atoms with Crippen molar-refractivity contribution in [2.24, 2.45) is 0 Å². The number of para-hydroxylation sites is 1. The van der Waals surface area contributed by atoms with E-state index in [1.165, 1.54) is 15.8 Å². The highest BCUT2D eigenvalue weighted by molar-refractivity contribution is 7.10. The average Bonchev–Trinajstić information content (AvgIpc) is 3.15. The van der Waals surface area contributed by atoms with E-state index in [1.807, 2.05) is 36.7 Å². The van der Waals surface area contributed by atoms with E-state index in [4.69, 9.17) is 0 Å². The molecule has 0 radical (unpaired) electrons. The summed E-state index contributed by atoms with van der Waals surface area (Å²) in [5.74, 6) is 0.0983. The minimum Gasteiger partial charge on any atom is -0.361 e. The molecule has 4 heteroatoms.